The maximum Gasteiger partial charge on any atom is 0.303 e. The van der Waals surface area contributed by atoms with E-state index in [1.807, 2.05) is 12.1 Å². The summed E-state index contributed by atoms with van der Waals surface area (Å²) in [6.45, 7) is 13.2. The molecule has 646 valence electrons. The van der Waals surface area contributed by atoms with Gasteiger partial charge in [-0.25, -0.2) is 0 Å². The van der Waals surface area contributed by atoms with E-state index in [0.717, 1.165) is 55.4 Å². The molecule has 34 nitrogen and oxygen atoms in total. The number of nitrogens with two attached hydrogens (primary N) is 1. The number of rotatable bonds is 44. The summed E-state index contributed by atoms with van der Waals surface area (Å²) in [6.07, 6.45) is -9.66. The third-order valence-electron chi connectivity index (χ3n) is 18.7. The van der Waals surface area contributed by atoms with E-state index in [1.165, 1.54) is 34.1 Å². The summed E-state index contributed by atoms with van der Waals surface area (Å²) in [5, 5.41) is 5.19. The average Bonchev–Trinajstić information content (AvgIpc) is 1.64. The molecule has 4 heterocycles. The van der Waals surface area contributed by atoms with Gasteiger partial charge in [-0.15, -0.1) is 23.2 Å². The molecule has 2 saturated heterocycles. The minimum Gasteiger partial charge on any atom is -0.463 e. The van der Waals surface area contributed by atoms with Gasteiger partial charge >= 0.3 is 47.8 Å². The van der Waals surface area contributed by atoms with Crippen molar-refractivity contribution >= 4 is 139 Å². The van der Waals surface area contributed by atoms with E-state index in [0.29, 0.717) is 128 Å². The fourth-order valence-corrected chi connectivity index (χ4v) is 14.3. The minimum absolute atomic E-state index is 0.0169. The van der Waals surface area contributed by atoms with E-state index in [1.54, 1.807) is 66.7 Å². The quantitative estimate of drug-likeness (QED) is 0.0129. The number of fused-ring (bicyclic) bond motifs is 6. The molecule has 0 aromatic heterocycles. The van der Waals surface area contributed by atoms with Gasteiger partial charge in [-0.1, -0.05) is 60.7 Å². The first-order valence-corrected chi connectivity index (χ1v) is 39.7. The highest BCUT2D eigenvalue weighted by Gasteiger charge is 2.56. The number of esters is 8. The van der Waals surface area contributed by atoms with E-state index in [2.05, 4.69) is 5.32 Å². The molecule has 0 unspecified atom stereocenters. The van der Waals surface area contributed by atoms with Crippen molar-refractivity contribution in [3.05, 3.63) is 113 Å². The van der Waals surface area contributed by atoms with Gasteiger partial charge < -0.3 is 111 Å². The number of ether oxygens (including phenoxy) is 19. The molecule has 3 amide bonds. The Bertz CT molecular complexity index is 4430. The summed E-state index contributed by atoms with van der Waals surface area (Å²) in [7, 11) is 0. The second kappa shape index (κ2) is 46.6. The maximum absolute atomic E-state index is 15.0. The standard InChI is InChI=1S/C83H100Cl2N4O30/c1-48(90)108-46-69-76(110-50(3)92)78(112-52(5)94)80(114-54(7)96)82(118-69)116-67-40-65-74(62-15-11-9-13-60(62)67)58(42-84)44-88(65)72(99)21-18-56-17-19-57(64(39-56)87-71(98)23-25-101-27-29-103-31-33-105-35-37-107-38-36-106-34-32-104-30-28-102-26-24-86)20-22-73(100)89-45-59(43-85)75-63-16-12-10-14-61(63)68(41-66(75)89)117-83-81(115-55(8)97)79(113-53(6)95)77(111-51(4)93)70(119-83)47-109-49(2)91/h9-22,39-41,58-59,69-70,76-83H,23-38,42-47,86H2,1-8H3,(H,87,98)/b21-18+,22-20+/t58-,59-,69-,70-,76+,77+,78+,79+,80-,81-,82-,83-/m1/s1. The Hall–Kier alpha value is -9.95. The molecular weight excluding hydrogens is 1600 g/mol. The van der Waals surface area contributed by atoms with Crippen molar-refractivity contribution < 1.29 is 143 Å². The van der Waals surface area contributed by atoms with E-state index >= 15 is 4.79 Å². The molecule has 0 radical (unpaired) electrons. The molecule has 2 fully saturated rings. The number of nitrogens with one attached hydrogen (secondary N) is 1. The monoisotopic (exact) mass is 1700 g/mol. The number of hydrogen-bond donors (Lipinski definition) is 2. The second-order valence-electron chi connectivity index (χ2n) is 27.6. The molecule has 12 atom stereocenters. The lowest BCUT2D eigenvalue weighted by molar-refractivity contribution is -0.288. The summed E-state index contributed by atoms with van der Waals surface area (Å²) in [5.74, 6) is -8.59. The Labute approximate surface area is 696 Å². The van der Waals surface area contributed by atoms with Crippen LogP contribution in [0.3, 0.4) is 0 Å². The molecular formula is C83H100Cl2N4O30. The molecule has 36 heteroatoms. The van der Waals surface area contributed by atoms with Crippen LogP contribution in [0, 0.1) is 0 Å². The Morgan fingerprint density at radius 1 is 0.429 bits per heavy atom. The fraction of sp³-hybridized carbons (Fsp3) is 0.506. The number of amides is 3. The highest BCUT2D eigenvalue weighted by molar-refractivity contribution is 6.20. The van der Waals surface area contributed by atoms with E-state index in [4.69, 9.17) is 119 Å². The number of halogens is 2. The van der Waals surface area contributed by atoms with Crippen LogP contribution >= 0.6 is 23.2 Å². The summed E-state index contributed by atoms with van der Waals surface area (Å²) in [6, 6.07) is 22.3. The molecule has 0 bridgehead atoms. The first-order chi connectivity index (χ1) is 57.3. The molecule has 0 aliphatic carbocycles. The van der Waals surface area contributed by atoms with Crippen LogP contribution in [0.1, 0.15) is 95.9 Å². The van der Waals surface area contributed by atoms with Crippen LogP contribution in [0.2, 0.25) is 0 Å². The molecule has 4 aliphatic heterocycles. The number of benzene rings is 5. The lowest BCUT2D eigenvalue weighted by Gasteiger charge is -2.44. The lowest BCUT2D eigenvalue weighted by atomic mass is 9.95. The number of hydrogen-bond acceptors (Lipinski definition) is 31. The third-order valence-corrected chi connectivity index (χ3v) is 19.4. The van der Waals surface area contributed by atoms with Crippen molar-refractivity contribution in [3.8, 4) is 11.5 Å². The van der Waals surface area contributed by atoms with Crippen LogP contribution in [0.5, 0.6) is 11.5 Å². The van der Waals surface area contributed by atoms with Crippen LogP contribution in [0.4, 0.5) is 17.1 Å². The van der Waals surface area contributed by atoms with Gasteiger partial charge in [0.05, 0.1) is 110 Å². The van der Waals surface area contributed by atoms with Crippen molar-refractivity contribution in [2.45, 2.75) is 135 Å². The van der Waals surface area contributed by atoms with Crippen LogP contribution in [0.25, 0.3) is 33.7 Å². The van der Waals surface area contributed by atoms with Crippen LogP contribution in [-0.4, -0.2) is 264 Å². The zero-order chi connectivity index (χ0) is 85.7. The number of anilines is 3. The van der Waals surface area contributed by atoms with Gasteiger partial charge in [-0.2, -0.15) is 0 Å². The molecule has 4 aliphatic rings. The van der Waals surface area contributed by atoms with Gasteiger partial charge in [-0.3, -0.25) is 52.7 Å². The maximum atomic E-state index is 15.0. The van der Waals surface area contributed by atoms with Gasteiger partial charge in [0.15, 0.2) is 24.4 Å². The number of nitrogens with zero attached hydrogens (tertiary/aromatic N) is 2. The topological polar surface area (TPSA) is 408 Å². The fourth-order valence-electron chi connectivity index (χ4n) is 13.8. The largest absolute Gasteiger partial charge is 0.463 e. The van der Waals surface area contributed by atoms with Crippen LogP contribution < -0.4 is 30.3 Å². The van der Waals surface area contributed by atoms with Gasteiger partial charge in [0, 0.05) is 139 Å². The van der Waals surface area contributed by atoms with Crippen molar-refractivity contribution in [1.82, 2.24) is 0 Å². The van der Waals surface area contributed by atoms with E-state index in [9.17, 15) is 47.9 Å². The zero-order valence-corrected chi connectivity index (χ0v) is 68.8. The summed E-state index contributed by atoms with van der Waals surface area (Å²) in [4.78, 5) is 148. The normalized spacial score (nSPS) is 21.3. The SMILES string of the molecule is CC(=O)OC[C@H]1O[C@@H](Oc2cc3c(c4ccccc24)[C@H](CCl)CN3C(=O)/C=C/c2ccc(/C=C/C(=O)N3C[C@@H](CCl)c4c3cc(O[C@@H]3O[C@H](COC(C)=O)[C@H](OC(C)=O)[C@H](OC(C)=O)[C@H]3OC(C)=O)c3ccccc43)c(NC(=O)CCOCCOCCOCCOCCOCCOCCOCCN)c2)[C@H](OC(C)=O)[C@@H](OC(C)=O)[C@H]1OC(C)=O. The van der Waals surface area contributed by atoms with Crippen molar-refractivity contribution in [3.63, 3.8) is 0 Å². The molecule has 0 spiro atoms. The van der Waals surface area contributed by atoms with Gasteiger partial charge in [-0.05, 0) is 51.2 Å². The zero-order valence-electron chi connectivity index (χ0n) is 67.3. The van der Waals surface area contributed by atoms with Crippen molar-refractivity contribution in [2.75, 3.05) is 152 Å². The number of alkyl halides is 2. The van der Waals surface area contributed by atoms with Crippen molar-refractivity contribution in [1.29, 1.82) is 0 Å². The predicted molar refractivity (Wildman–Crippen MR) is 427 cm³/mol. The molecule has 5 aromatic carbocycles. The van der Waals surface area contributed by atoms with Crippen molar-refractivity contribution in [2.24, 2.45) is 5.73 Å². The lowest BCUT2D eigenvalue weighted by Crippen LogP contribution is -2.63. The second-order valence-corrected chi connectivity index (χ2v) is 28.2. The smallest absolute Gasteiger partial charge is 0.303 e. The Morgan fingerprint density at radius 3 is 1.15 bits per heavy atom. The molecule has 3 N–H and O–H groups in total. The average molecular weight is 1700 g/mol. The minimum atomic E-state index is -1.64. The highest BCUT2D eigenvalue weighted by Crippen LogP contribution is 2.49. The first kappa shape index (κ1) is 92.9. The highest BCUT2D eigenvalue weighted by atomic mass is 35.5. The summed E-state index contributed by atoms with van der Waals surface area (Å²) < 4.78 is 109. The molecule has 0 saturated carbocycles. The van der Waals surface area contributed by atoms with E-state index < -0.39 is 152 Å². The predicted octanol–water partition coefficient (Wildman–Crippen LogP) is 7.09. The summed E-state index contributed by atoms with van der Waals surface area (Å²) >= 11 is 13.5. The molecule has 5 aromatic rings. The number of carbonyl (C=O) groups excluding carboxylic acids is 11. The van der Waals surface area contributed by atoms with Gasteiger partial charge in [0.1, 0.15) is 36.9 Å². The Balaban J connectivity index is 0.961. The number of carbonyl (C=O) groups is 11. The van der Waals surface area contributed by atoms with Crippen LogP contribution in [-0.2, 0) is 133 Å². The van der Waals surface area contributed by atoms with E-state index in [-0.39, 0.29) is 74.9 Å². The Kier molecular flexibility index (Phi) is 36.4. The summed E-state index contributed by atoms with van der Waals surface area (Å²) in [5.41, 5.74) is 8.50. The van der Waals surface area contributed by atoms with Crippen LogP contribution in [0.15, 0.2) is 91.0 Å². The van der Waals surface area contributed by atoms with Gasteiger partial charge in [0.25, 0.3) is 11.8 Å². The third kappa shape index (κ3) is 26.8. The van der Waals surface area contributed by atoms with Gasteiger partial charge in [0.2, 0.25) is 30.7 Å². The molecule has 9 rings (SSSR count). The molecule has 119 heavy (non-hydrogen) atoms. The Morgan fingerprint density at radius 2 is 0.782 bits per heavy atom. The first-order valence-electron chi connectivity index (χ1n) is 38.6.